The lowest BCUT2D eigenvalue weighted by molar-refractivity contribution is 0.304. The van der Waals surface area contributed by atoms with E-state index in [1.165, 1.54) is 108 Å². The first-order valence-corrected chi connectivity index (χ1v) is 16.0. The number of benzene rings is 3. The van der Waals surface area contributed by atoms with Gasteiger partial charge >= 0.3 is 0 Å². The maximum absolute atomic E-state index is 6.26. The largest absolute Gasteiger partial charge is 0.494 e. The highest BCUT2D eigenvalue weighted by atomic mass is 16.5. The van der Waals surface area contributed by atoms with Gasteiger partial charge in [0.2, 0.25) is 0 Å². The summed E-state index contributed by atoms with van der Waals surface area (Å²) in [5.74, 6) is 1.91. The highest BCUT2D eigenvalue weighted by Gasteiger charge is 2.17. The van der Waals surface area contributed by atoms with Crippen molar-refractivity contribution in [3.8, 4) is 17.2 Å². The van der Waals surface area contributed by atoms with Gasteiger partial charge in [0.1, 0.15) is 11.5 Å². The zero-order chi connectivity index (χ0) is 28.3. The Morgan fingerprint density at radius 1 is 0.525 bits per heavy atom. The first-order chi connectivity index (χ1) is 19.5. The van der Waals surface area contributed by atoms with Crippen molar-refractivity contribution in [1.82, 2.24) is 4.57 Å². The normalized spacial score (nSPS) is 11.5. The minimum Gasteiger partial charge on any atom is -0.494 e. The van der Waals surface area contributed by atoms with Crippen LogP contribution in [0, 0.1) is 20.8 Å². The molecule has 0 aliphatic rings. The summed E-state index contributed by atoms with van der Waals surface area (Å²) in [6, 6.07) is 17.8. The van der Waals surface area contributed by atoms with Gasteiger partial charge in [-0.3, -0.25) is 0 Å². The zero-order valence-electron chi connectivity index (χ0n) is 25.8. The van der Waals surface area contributed by atoms with Gasteiger partial charge in [0.25, 0.3) is 0 Å². The Kier molecular flexibility index (Phi) is 11.4. The van der Waals surface area contributed by atoms with Crippen molar-refractivity contribution < 1.29 is 9.47 Å². The maximum Gasteiger partial charge on any atom is 0.120 e. The Balaban J connectivity index is 1.60. The van der Waals surface area contributed by atoms with Gasteiger partial charge in [-0.2, -0.15) is 0 Å². The average molecular weight is 542 g/mol. The van der Waals surface area contributed by atoms with Crippen LogP contribution in [0.1, 0.15) is 108 Å². The first-order valence-electron chi connectivity index (χ1n) is 16.0. The van der Waals surface area contributed by atoms with Crippen molar-refractivity contribution in [1.29, 1.82) is 0 Å². The minimum atomic E-state index is 0.777. The van der Waals surface area contributed by atoms with Crippen molar-refractivity contribution in [2.45, 2.75) is 112 Å². The van der Waals surface area contributed by atoms with E-state index in [-0.39, 0.29) is 0 Å². The molecule has 0 aliphatic carbocycles. The van der Waals surface area contributed by atoms with Gasteiger partial charge in [0, 0.05) is 10.8 Å². The third-order valence-electron chi connectivity index (χ3n) is 8.10. The maximum atomic E-state index is 6.26. The molecule has 0 unspecified atom stereocenters. The lowest BCUT2D eigenvalue weighted by Gasteiger charge is -2.16. The summed E-state index contributed by atoms with van der Waals surface area (Å²) in [7, 11) is 0. The molecule has 0 fully saturated rings. The molecule has 4 rings (SSSR count). The molecule has 1 heterocycles. The lowest BCUT2D eigenvalue weighted by Crippen LogP contribution is -2.01. The summed E-state index contributed by atoms with van der Waals surface area (Å²) in [6.45, 7) is 12.7. The predicted octanol–water partition coefficient (Wildman–Crippen LogP) is 11.2. The highest BCUT2D eigenvalue weighted by molar-refractivity contribution is 6.10. The molecule has 3 nitrogen and oxygen atoms in total. The Morgan fingerprint density at radius 3 is 1.40 bits per heavy atom. The minimum absolute atomic E-state index is 0.777. The molecular formula is C37H51NO2. The van der Waals surface area contributed by atoms with Gasteiger partial charge in [-0.25, -0.2) is 0 Å². The van der Waals surface area contributed by atoms with Crippen LogP contribution in [-0.2, 0) is 0 Å². The van der Waals surface area contributed by atoms with Gasteiger partial charge in [0.05, 0.1) is 29.9 Å². The summed E-state index contributed by atoms with van der Waals surface area (Å²) < 4.78 is 14.9. The van der Waals surface area contributed by atoms with E-state index in [0.29, 0.717) is 0 Å². The van der Waals surface area contributed by atoms with Crippen molar-refractivity contribution in [2.75, 3.05) is 13.2 Å². The number of unbranched alkanes of at least 4 members (excludes halogenated alkanes) is 10. The fraction of sp³-hybridized carbons (Fsp3) is 0.514. The summed E-state index contributed by atoms with van der Waals surface area (Å²) in [4.78, 5) is 0. The van der Waals surface area contributed by atoms with Gasteiger partial charge in [-0.1, -0.05) is 95.8 Å². The Bertz CT molecular complexity index is 1270. The monoisotopic (exact) mass is 541 g/mol. The molecule has 0 aliphatic heterocycles. The van der Waals surface area contributed by atoms with Gasteiger partial charge in [-0.05, 0) is 81.1 Å². The average Bonchev–Trinajstić information content (AvgIpc) is 3.24. The van der Waals surface area contributed by atoms with E-state index >= 15 is 0 Å². The standard InChI is InChI=1S/C37H51NO2/c1-6-8-10-12-14-16-22-39-31-18-20-35-33(26-31)34-27-32(40-23-17-15-13-11-9-7-2)19-21-36(34)38(35)37-29(4)24-28(3)25-30(37)5/h18-21,24-27H,6-17,22-23H2,1-5H3. The summed E-state index contributed by atoms with van der Waals surface area (Å²) >= 11 is 0. The molecule has 0 atom stereocenters. The van der Waals surface area contributed by atoms with Crippen molar-refractivity contribution in [2.24, 2.45) is 0 Å². The van der Waals surface area contributed by atoms with Crippen LogP contribution < -0.4 is 9.47 Å². The smallest absolute Gasteiger partial charge is 0.120 e. The molecular weight excluding hydrogens is 490 g/mol. The number of fused-ring (bicyclic) bond motifs is 3. The summed E-state index contributed by atoms with van der Waals surface area (Å²) in [5, 5.41) is 2.44. The molecule has 216 valence electrons. The predicted molar refractivity (Wildman–Crippen MR) is 173 cm³/mol. The fourth-order valence-electron chi connectivity index (χ4n) is 6.07. The van der Waals surface area contributed by atoms with Crippen LogP contribution in [0.25, 0.3) is 27.5 Å². The van der Waals surface area contributed by atoms with Crippen molar-refractivity contribution in [3.05, 3.63) is 65.2 Å². The van der Waals surface area contributed by atoms with Crippen LogP contribution in [0.3, 0.4) is 0 Å². The molecule has 0 spiro atoms. The second-order valence-corrected chi connectivity index (χ2v) is 11.7. The van der Waals surface area contributed by atoms with Crippen LogP contribution in [0.4, 0.5) is 0 Å². The van der Waals surface area contributed by atoms with E-state index in [1.54, 1.807) is 0 Å². The summed E-state index contributed by atoms with van der Waals surface area (Å²) in [5.41, 5.74) is 7.59. The van der Waals surface area contributed by atoms with Gasteiger partial charge in [0.15, 0.2) is 0 Å². The molecule has 0 amide bonds. The van der Waals surface area contributed by atoms with Crippen molar-refractivity contribution in [3.63, 3.8) is 0 Å². The molecule has 0 radical (unpaired) electrons. The van der Waals surface area contributed by atoms with Crippen LogP contribution >= 0.6 is 0 Å². The molecule has 0 saturated heterocycles. The number of hydrogen-bond donors (Lipinski definition) is 0. The Hall–Kier alpha value is -2.94. The number of aryl methyl sites for hydroxylation is 3. The third kappa shape index (κ3) is 7.62. The summed E-state index contributed by atoms with van der Waals surface area (Å²) in [6.07, 6.45) is 15.3. The SMILES string of the molecule is CCCCCCCCOc1ccc2c(c1)c1cc(OCCCCCCCC)ccc1n2-c1c(C)cc(C)cc1C. The van der Waals surface area contributed by atoms with Gasteiger partial charge < -0.3 is 14.0 Å². The third-order valence-corrected chi connectivity index (χ3v) is 8.10. The number of nitrogens with zero attached hydrogens (tertiary/aromatic N) is 1. The number of hydrogen-bond acceptors (Lipinski definition) is 2. The topological polar surface area (TPSA) is 23.4 Å². The molecule has 40 heavy (non-hydrogen) atoms. The fourth-order valence-corrected chi connectivity index (χ4v) is 6.07. The van der Waals surface area contributed by atoms with E-state index in [0.717, 1.165) is 37.6 Å². The molecule has 0 N–H and O–H groups in total. The second kappa shape index (κ2) is 15.2. The van der Waals surface area contributed by atoms with Crippen LogP contribution in [0.5, 0.6) is 11.5 Å². The molecule has 1 aromatic heterocycles. The van der Waals surface area contributed by atoms with Crippen LogP contribution in [-0.4, -0.2) is 17.8 Å². The van der Waals surface area contributed by atoms with E-state index in [1.807, 2.05) is 0 Å². The molecule has 0 bridgehead atoms. The highest BCUT2D eigenvalue weighted by Crippen LogP contribution is 2.38. The molecule has 3 aromatic carbocycles. The van der Waals surface area contributed by atoms with E-state index in [9.17, 15) is 0 Å². The van der Waals surface area contributed by atoms with Gasteiger partial charge in [-0.15, -0.1) is 0 Å². The number of rotatable bonds is 17. The Labute approximate surface area is 242 Å². The lowest BCUT2D eigenvalue weighted by atomic mass is 10.0. The molecule has 3 heteroatoms. The number of ether oxygens (including phenoxy) is 2. The number of aromatic nitrogens is 1. The zero-order valence-corrected chi connectivity index (χ0v) is 25.8. The molecule has 0 saturated carbocycles. The van der Waals surface area contributed by atoms with Crippen LogP contribution in [0.15, 0.2) is 48.5 Å². The van der Waals surface area contributed by atoms with E-state index < -0.39 is 0 Å². The van der Waals surface area contributed by atoms with E-state index in [2.05, 4.69) is 87.7 Å². The molecule has 4 aromatic rings. The van der Waals surface area contributed by atoms with Crippen LogP contribution in [0.2, 0.25) is 0 Å². The quantitative estimate of drug-likeness (QED) is 0.124. The van der Waals surface area contributed by atoms with E-state index in [4.69, 9.17) is 9.47 Å². The van der Waals surface area contributed by atoms with Crippen molar-refractivity contribution >= 4 is 21.8 Å². The second-order valence-electron chi connectivity index (χ2n) is 11.7. The Morgan fingerprint density at radius 2 is 0.950 bits per heavy atom. The first kappa shape index (κ1) is 30.0.